The molecule has 0 radical (unpaired) electrons. The molecule has 0 bridgehead atoms. The van der Waals surface area contributed by atoms with Crippen LogP contribution in [-0.2, 0) is 17.9 Å². The van der Waals surface area contributed by atoms with Crippen molar-refractivity contribution < 1.29 is 9.32 Å². The van der Waals surface area contributed by atoms with Crippen molar-refractivity contribution in [3.8, 4) is 10.7 Å². The van der Waals surface area contributed by atoms with Crippen LogP contribution in [0.4, 0.5) is 0 Å². The number of hydrogen-bond acceptors (Lipinski definition) is 7. The molecule has 3 aromatic rings. The predicted molar refractivity (Wildman–Crippen MR) is 102 cm³/mol. The van der Waals surface area contributed by atoms with Crippen LogP contribution in [0.25, 0.3) is 10.7 Å². The molecule has 1 N–H and O–H groups in total. The SMILES string of the molecule is O=C(NCc1ccncc1)C1CCCN(Cc2nc(-c3cccs3)no2)C1. The molecule has 1 atom stereocenters. The number of carbonyl (C=O) groups excluding carboxylic acids is 1. The maximum atomic E-state index is 12.5. The van der Waals surface area contributed by atoms with E-state index in [1.54, 1.807) is 23.7 Å². The Morgan fingerprint density at radius 1 is 1.33 bits per heavy atom. The minimum absolute atomic E-state index is 0.0136. The van der Waals surface area contributed by atoms with Crippen molar-refractivity contribution in [2.75, 3.05) is 13.1 Å². The fraction of sp³-hybridized carbons (Fsp3) is 0.368. The van der Waals surface area contributed by atoms with Gasteiger partial charge in [-0.1, -0.05) is 11.2 Å². The number of thiophene rings is 1. The normalized spacial score (nSPS) is 17.7. The number of nitrogens with zero attached hydrogens (tertiary/aromatic N) is 4. The van der Waals surface area contributed by atoms with Gasteiger partial charge in [-0.05, 0) is 48.5 Å². The van der Waals surface area contributed by atoms with Crippen LogP contribution in [0.1, 0.15) is 24.3 Å². The van der Waals surface area contributed by atoms with Crippen molar-refractivity contribution in [3.63, 3.8) is 0 Å². The molecule has 1 amide bonds. The van der Waals surface area contributed by atoms with Gasteiger partial charge in [-0.25, -0.2) is 0 Å². The number of likely N-dealkylation sites (tertiary alicyclic amines) is 1. The molecule has 0 aliphatic carbocycles. The van der Waals surface area contributed by atoms with Crippen LogP contribution in [0.3, 0.4) is 0 Å². The fourth-order valence-corrected chi connectivity index (χ4v) is 3.91. The van der Waals surface area contributed by atoms with Gasteiger partial charge in [0, 0.05) is 25.5 Å². The van der Waals surface area contributed by atoms with Gasteiger partial charge in [-0.15, -0.1) is 11.3 Å². The molecule has 1 fully saturated rings. The summed E-state index contributed by atoms with van der Waals surface area (Å²) in [6.07, 6.45) is 5.36. The number of aromatic nitrogens is 3. The molecular formula is C19H21N5O2S. The summed E-state index contributed by atoms with van der Waals surface area (Å²) < 4.78 is 5.39. The first-order valence-corrected chi connectivity index (χ1v) is 9.91. The second-order valence-electron chi connectivity index (χ2n) is 6.64. The number of pyridine rings is 1. The number of rotatable bonds is 6. The maximum Gasteiger partial charge on any atom is 0.241 e. The van der Waals surface area contributed by atoms with Gasteiger partial charge in [0.25, 0.3) is 0 Å². The van der Waals surface area contributed by atoms with Gasteiger partial charge in [0.15, 0.2) is 0 Å². The van der Waals surface area contributed by atoms with E-state index in [2.05, 4.69) is 25.3 Å². The summed E-state index contributed by atoms with van der Waals surface area (Å²) in [7, 11) is 0. The van der Waals surface area contributed by atoms with Gasteiger partial charge in [-0.3, -0.25) is 14.7 Å². The van der Waals surface area contributed by atoms with Gasteiger partial charge >= 0.3 is 0 Å². The van der Waals surface area contributed by atoms with E-state index in [4.69, 9.17) is 4.52 Å². The van der Waals surface area contributed by atoms with E-state index in [1.165, 1.54) is 0 Å². The fourth-order valence-electron chi connectivity index (χ4n) is 3.26. The topological polar surface area (TPSA) is 84.2 Å². The molecule has 3 aromatic heterocycles. The average Bonchev–Trinajstić information content (AvgIpc) is 3.39. The highest BCUT2D eigenvalue weighted by molar-refractivity contribution is 7.13. The lowest BCUT2D eigenvalue weighted by atomic mass is 9.97. The van der Waals surface area contributed by atoms with Crippen molar-refractivity contribution in [1.29, 1.82) is 0 Å². The maximum absolute atomic E-state index is 12.5. The molecule has 7 nitrogen and oxygen atoms in total. The van der Waals surface area contributed by atoms with Crippen molar-refractivity contribution in [2.45, 2.75) is 25.9 Å². The average molecular weight is 383 g/mol. The molecule has 140 valence electrons. The third-order valence-electron chi connectivity index (χ3n) is 4.66. The van der Waals surface area contributed by atoms with E-state index in [9.17, 15) is 4.79 Å². The van der Waals surface area contributed by atoms with Gasteiger partial charge < -0.3 is 9.84 Å². The Balaban J connectivity index is 1.31. The zero-order valence-corrected chi connectivity index (χ0v) is 15.7. The summed E-state index contributed by atoms with van der Waals surface area (Å²) >= 11 is 1.59. The first-order valence-electron chi connectivity index (χ1n) is 9.03. The molecule has 8 heteroatoms. The molecule has 0 spiro atoms. The van der Waals surface area contributed by atoms with E-state index >= 15 is 0 Å². The van der Waals surface area contributed by atoms with E-state index < -0.39 is 0 Å². The number of amides is 1. The monoisotopic (exact) mass is 383 g/mol. The largest absolute Gasteiger partial charge is 0.352 e. The van der Waals surface area contributed by atoms with Crippen LogP contribution in [0.5, 0.6) is 0 Å². The number of nitrogens with one attached hydrogen (secondary N) is 1. The lowest BCUT2D eigenvalue weighted by Gasteiger charge is -2.30. The van der Waals surface area contributed by atoms with Crippen molar-refractivity contribution in [2.24, 2.45) is 5.92 Å². The summed E-state index contributed by atoms with van der Waals surface area (Å²) in [5, 5.41) is 9.08. The van der Waals surface area contributed by atoms with E-state index in [0.717, 1.165) is 29.8 Å². The summed E-state index contributed by atoms with van der Waals surface area (Å²) in [6, 6.07) is 7.77. The Bertz CT molecular complexity index is 865. The number of carbonyl (C=O) groups is 1. The lowest BCUT2D eigenvalue weighted by molar-refractivity contribution is -0.127. The molecule has 1 aliphatic heterocycles. The molecule has 1 saturated heterocycles. The smallest absolute Gasteiger partial charge is 0.241 e. The third-order valence-corrected chi connectivity index (χ3v) is 5.53. The van der Waals surface area contributed by atoms with Crippen LogP contribution in [-0.4, -0.2) is 39.0 Å². The summed E-state index contributed by atoms with van der Waals surface area (Å²) in [6.45, 7) is 2.75. The van der Waals surface area contributed by atoms with Gasteiger partial charge in [0.05, 0.1) is 17.3 Å². The number of piperidine rings is 1. The molecule has 1 aliphatic rings. The Morgan fingerprint density at radius 3 is 3.04 bits per heavy atom. The zero-order valence-electron chi connectivity index (χ0n) is 14.9. The molecule has 0 aromatic carbocycles. The minimum atomic E-state index is -0.0136. The molecule has 4 heterocycles. The first-order chi connectivity index (χ1) is 13.3. The van der Waals surface area contributed by atoms with Gasteiger partial charge in [0.2, 0.25) is 17.6 Å². The minimum Gasteiger partial charge on any atom is -0.352 e. The van der Waals surface area contributed by atoms with Crippen LogP contribution in [0.2, 0.25) is 0 Å². The Hall–Kier alpha value is -2.58. The van der Waals surface area contributed by atoms with Gasteiger partial charge in [0.1, 0.15) is 0 Å². The predicted octanol–water partition coefficient (Wildman–Crippen LogP) is 2.72. The highest BCUT2D eigenvalue weighted by Crippen LogP contribution is 2.23. The van der Waals surface area contributed by atoms with Gasteiger partial charge in [-0.2, -0.15) is 4.98 Å². The van der Waals surface area contributed by atoms with Crippen LogP contribution in [0.15, 0.2) is 46.6 Å². The van der Waals surface area contributed by atoms with Crippen molar-refractivity contribution >= 4 is 17.2 Å². The molecular weight excluding hydrogens is 362 g/mol. The zero-order chi connectivity index (χ0) is 18.5. The second kappa shape index (κ2) is 8.41. The summed E-state index contributed by atoms with van der Waals surface area (Å²) in [5.74, 6) is 1.31. The van der Waals surface area contributed by atoms with E-state index in [-0.39, 0.29) is 11.8 Å². The second-order valence-corrected chi connectivity index (χ2v) is 7.58. The molecule has 27 heavy (non-hydrogen) atoms. The quantitative estimate of drug-likeness (QED) is 0.705. The van der Waals surface area contributed by atoms with Crippen LogP contribution in [0, 0.1) is 5.92 Å². The summed E-state index contributed by atoms with van der Waals surface area (Å²) in [4.78, 5) is 24.2. The van der Waals surface area contributed by atoms with Crippen molar-refractivity contribution in [3.05, 3.63) is 53.5 Å². The Labute approximate surface area is 161 Å². The molecule has 4 rings (SSSR count). The third kappa shape index (κ3) is 4.58. The molecule has 1 unspecified atom stereocenters. The van der Waals surface area contributed by atoms with Crippen molar-refractivity contribution in [1.82, 2.24) is 25.3 Å². The summed E-state index contributed by atoms with van der Waals surface area (Å²) in [5.41, 5.74) is 1.05. The molecule has 0 saturated carbocycles. The number of hydrogen-bond donors (Lipinski definition) is 1. The standard InChI is InChI=1S/C19H21N5O2S/c25-19(21-11-14-5-7-20-8-6-14)15-3-1-9-24(12-15)13-17-22-18(23-26-17)16-4-2-10-27-16/h2,4-8,10,15H,1,3,9,11-13H2,(H,21,25). The Morgan fingerprint density at radius 2 is 2.22 bits per heavy atom. The highest BCUT2D eigenvalue weighted by atomic mass is 32.1. The van der Waals surface area contributed by atoms with Crippen LogP contribution < -0.4 is 5.32 Å². The van der Waals surface area contributed by atoms with E-state index in [1.807, 2.05) is 29.6 Å². The lowest BCUT2D eigenvalue weighted by Crippen LogP contribution is -2.42. The highest BCUT2D eigenvalue weighted by Gasteiger charge is 2.26. The van der Waals surface area contributed by atoms with E-state index in [0.29, 0.717) is 31.3 Å². The van der Waals surface area contributed by atoms with Crippen LogP contribution >= 0.6 is 11.3 Å². The first kappa shape index (κ1) is 17.8. The Kier molecular flexibility index (Phi) is 5.55.